The van der Waals surface area contributed by atoms with Crippen LogP contribution in [0.1, 0.15) is 43.5 Å². The van der Waals surface area contributed by atoms with E-state index in [0.29, 0.717) is 25.1 Å². The third kappa shape index (κ3) is 4.57. The molecule has 0 aromatic heterocycles. The molecule has 1 aliphatic heterocycles. The summed E-state index contributed by atoms with van der Waals surface area (Å²) in [5.74, 6) is -0.732. The van der Waals surface area contributed by atoms with Gasteiger partial charge in [-0.1, -0.05) is 13.8 Å². The molecule has 0 bridgehead atoms. The number of carboxylic acids is 1. The highest BCUT2D eigenvalue weighted by Crippen LogP contribution is 2.22. The van der Waals surface area contributed by atoms with Crippen LogP contribution in [0.4, 0.5) is 5.69 Å². The van der Waals surface area contributed by atoms with Gasteiger partial charge in [0.25, 0.3) is 5.91 Å². The van der Waals surface area contributed by atoms with Crippen molar-refractivity contribution in [1.82, 2.24) is 4.90 Å². The fourth-order valence-corrected chi connectivity index (χ4v) is 2.83. The lowest BCUT2D eigenvalue weighted by atomic mass is 10.1. The van der Waals surface area contributed by atoms with Crippen LogP contribution in [-0.2, 0) is 9.59 Å². The summed E-state index contributed by atoms with van der Waals surface area (Å²) in [7, 11) is 0. The number of aliphatic carboxylic acids is 1. The van der Waals surface area contributed by atoms with Gasteiger partial charge in [-0.2, -0.15) is 0 Å². The van der Waals surface area contributed by atoms with Crippen LogP contribution in [0, 0.1) is 5.92 Å². The van der Waals surface area contributed by atoms with Crippen LogP contribution in [0.2, 0.25) is 0 Å². The predicted molar refractivity (Wildman–Crippen MR) is 91.0 cm³/mol. The highest BCUT2D eigenvalue weighted by Gasteiger charge is 2.22. The molecule has 1 fully saturated rings. The van der Waals surface area contributed by atoms with E-state index in [1.165, 1.54) is 0 Å². The van der Waals surface area contributed by atoms with Crippen LogP contribution in [0.3, 0.4) is 0 Å². The molecule has 0 spiro atoms. The van der Waals surface area contributed by atoms with E-state index in [9.17, 15) is 14.4 Å². The second-order valence-electron chi connectivity index (χ2n) is 6.48. The van der Waals surface area contributed by atoms with Gasteiger partial charge < -0.3 is 14.9 Å². The van der Waals surface area contributed by atoms with Gasteiger partial charge in [0.15, 0.2) is 0 Å². The van der Waals surface area contributed by atoms with E-state index in [1.807, 2.05) is 13.8 Å². The minimum Gasteiger partial charge on any atom is -0.481 e. The molecule has 0 atom stereocenters. The molecule has 6 nitrogen and oxygen atoms in total. The molecule has 1 saturated heterocycles. The first kappa shape index (κ1) is 18.0. The van der Waals surface area contributed by atoms with Crippen LogP contribution in [0.25, 0.3) is 0 Å². The van der Waals surface area contributed by atoms with Crippen molar-refractivity contribution in [3.8, 4) is 0 Å². The molecule has 1 aromatic carbocycles. The minimum atomic E-state index is -0.917. The molecule has 2 amide bonds. The molecule has 1 aromatic rings. The Morgan fingerprint density at radius 2 is 1.92 bits per heavy atom. The van der Waals surface area contributed by atoms with Crippen molar-refractivity contribution in [1.29, 1.82) is 0 Å². The zero-order valence-electron chi connectivity index (χ0n) is 14.2. The van der Waals surface area contributed by atoms with Gasteiger partial charge in [-0.3, -0.25) is 14.4 Å². The Hall–Kier alpha value is -2.37. The molecule has 0 radical (unpaired) electrons. The van der Waals surface area contributed by atoms with Crippen molar-refractivity contribution in [2.24, 2.45) is 5.92 Å². The Morgan fingerprint density at radius 1 is 1.25 bits per heavy atom. The van der Waals surface area contributed by atoms with Gasteiger partial charge in [-0.15, -0.1) is 0 Å². The summed E-state index contributed by atoms with van der Waals surface area (Å²) < 4.78 is 0. The molecule has 6 heteroatoms. The van der Waals surface area contributed by atoms with Gasteiger partial charge in [-0.05, 0) is 36.6 Å². The SMILES string of the molecule is CC(C)CN(CCC(=O)O)C(=O)c1ccc(N2CCCC2=O)cc1. The van der Waals surface area contributed by atoms with Crippen LogP contribution in [-0.4, -0.2) is 47.4 Å². The zero-order chi connectivity index (χ0) is 17.7. The molecule has 0 unspecified atom stereocenters. The fraction of sp³-hybridized carbons (Fsp3) is 0.500. The van der Waals surface area contributed by atoms with Crippen molar-refractivity contribution in [3.63, 3.8) is 0 Å². The molecular weight excluding hydrogens is 308 g/mol. The van der Waals surface area contributed by atoms with Crippen molar-refractivity contribution >= 4 is 23.5 Å². The van der Waals surface area contributed by atoms with E-state index in [0.717, 1.165) is 12.1 Å². The minimum absolute atomic E-state index is 0.0706. The van der Waals surface area contributed by atoms with Gasteiger partial charge in [0, 0.05) is 37.3 Å². The molecule has 1 N–H and O–H groups in total. The highest BCUT2D eigenvalue weighted by molar-refractivity contribution is 5.97. The van der Waals surface area contributed by atoms with Gasteiger partial charge in [0.05, 0.1) is 6.42 Å². The quantitative estimate of drug-likeness (QED) is 0.831. The van der Waals surface area contributed by atoms with E-state index < -0.39 is 5.97 Å². The lowest BCUT2D eigenvalue weighted by molar-refractivity contribution is -0.137. The van der Waals surface area contributed by atoms with Crippen molar-refractivity contribution < 1.29 is 19.5 Å². The lowest BCUT2D eigenvalue weighted by Crippen LogP contribution is -2.36. The standard InChI is InChI=1S/C18H24N2O4/c1-13(2)12-19(11-9-17(22)23)18(24)14-5-7-15(8-6-14)20-10-3-4-16(20)21/h5-8,13H,3-4,9-12H2,1-2H3,(H,22,23). The second-order valence-corrected chi connectivity index (χ2v) is 6.48. The van der Waals surface area contributed by atoms with E-state index in [2.05, 4.69) is 0 Å². The summed E-state index contributed by atoms with van der Waals surface area (Å²) in [4.78, 5) is 38.5. The van der Waals surface area contributed by atoms with E-state index >= 15 is 0 Å². The number of benzene rings is 1. The number of carbonyl (C=O) groups is 3. The van der Waals surface area contributed by atoms with Gasteiger partial charge in [-0.25, -0.2) is 0 Å². The largest absolute Gasteiger partial charge is 0.481 e. The summed E-state index contributed by atoms with van der Waals surface area (Å²) in [6, 6.07) is 6.97. The van der Waals surface area contributed by atoms with Crippen molar-refractivity contribution in [2.75, 3.05) is 24.5 Å². The number of carbonyl (C=O) groups excluding carboxylic acids is 2. The molecule has 24 heavy (non-hydrogen) atoms. The fourth-order valence-electron chi connectivity index (χ4n) is 2.83. The predicted octanol–water partition coefficient (Wildman–Crippen LogP) is 2.39. The van der Waals surface area contributed by atoms with Crippen LogP contribution in [0.5, 0.6) is 0 Å². The average molecular weight is 332 g/mol. The lowest BCUT2D eigenvalue weighted by Gasteiger charge is -2.24. The number of nitrogens with zero attached hydrogens (tertiary/aromatic N) is 2. The first-order chi connectivity index (χ1) is 11.4. The molecule has 130 valence electrons. The molecule has 1 aliphatic rings. The monoisotopic (exact) mass is 332 g/mol. The maximum absolute atomic E-state index is 12.6. The highest BCUT2D eigenvalue weighted by atomic mass is 16.4. The first-order valence-corrected chi connectivity index (χ1v) is 8.30. The summed E-state index contributed by atoms with van der Waals surface area (Å²) in [6.07, 6.45) is 1.35. The number of rotatable bonds is 7. The van der Waals surface area contributed by atoms with E-state index in [4.69, 9.17) is 5.11 Å². The second kappa shape index (κ2) is 7.95. The molecular formula is C18H24N2O4. The third-order valence-corrected chi connectivity index (χ3v) is 3.97. The van der Waals surface area contributed by atoms with E-state index in [-0.39, 0.29) is 30.7 Å². The number of hydrogen-bond acceptors (Lipinski definition) is 3. The van der Waals surface area contributed by atoms with Gasteiger partial charge >= 0.3 is 5.97 Å². The van der Waals surface area contributed by atoms with Gasteiger partial charge in [0.1, 0.15) is 0 Å². The Morgan fingerprint density at radius 3 is 2.42 bits per heavy atom. The molecule has 1 heterocycles. The third-order valence-electron chi connectivity index (χ3n) is 3.97. The number of hydrogen-bond donors (Lipinski definition) is 1. The van der Waals surface area contributed by atoms with Crippen LogP contribution < -0.4 is 4.90 Å². The van der Waals surface area contributed by atoms with Crippen molar-refractivity contribution in [2.45, 2.75) is 33.1 Å². The van der Waals surface area contributed by atoms with Gasteiger partial charge in [0.2, 0.25) is 5.91 Å². The molecule has 2 rings (SSSR count). The number of carboxylic acid groups (broad SMARTS) is 1. The van der Waals surface area contributed by atoms with E-state index in [1.54, 1.807) is 34.1 Å². The maximum Gasteiger partial charge on any atom is 0.305 e. The first-order valence-electron chi connectivity index (χ1n) is 8.30. The summed E-state index contributed by atoms with van der Waals surface area (Å²) in [5, 5.41) is 8.86. The average Bonchev–Trinajstić information content (AvgIpc) is 2.96. The normalized spacial score (nSPS) is 14.3. The number of anilines is 1. The summed E-state index contributed by atoms with van der Waals surface area (Å²) in [6.45, 7) is 5.40. The number of amides is 2. The summed E-state index contributed by atoms with van der Waals surface area (Å²) >= 11 is 0. The van der Waals surface area contributed by atoms with Crippen LogP contribution in [0.15, 0.2) is 24.3 Å². The Kier molecular flexibility index (Phi) is 5.95. The zero-order valence-corrected chi connectivity index (χ0v) is 14.2. The molecule has 0 aliphatic carbocycles. The maximum atomic E-state index is 12.6. The summed E-state index contributed by atoms with van der Waals surface area (Å²) in [5.41, 5.74) is 1.31. The Bertz CT molecular complexity index is 610. The smallest absolute Gasteiger partial charge is 0.305 e. The van der Waals surface area contributed by atoms with Crippen LogP contribution >= 0.6 is 0 Å². The molecule has 0 saturated carbocycles. The Labute approximate surface area is 142 Å². The Balaban J connectivity index is 2.10. The van der Waals surface area contributed by atoms with Crippen molar-refractivity contribution in [3.05, 3.63) is 29.8 Å². The topological polar surface area (TPSA) is 77.9 Å².